The van der Waals surface area contributed by atoms with E-state index < -0.39 is 20.5 Å². The van der Waals surface area contributed by atoms with E-state index in [0.29, 0.717) is 30.0 Å². The zero-order valence-electron chi connectivity index (χ0n) is 25.4. The fraction of sp³-hybridized carbons (Fsp3) is 0.562. The van der Waals surface area contributed by atoms with Crippen molar-refractivity contribution in [2.75, 3.05) is 13.7 Å². The maximum Gasteiger partial charge on any atom is 0.407 e. The van der Waals surface area contributed by atoms with Gasteiger partial charge in [-0.1, -0.05) is 58.1 Å². The molecular formula is C32H45NO6Si. The molecule has 0 fully saturated rings. The number of methoxy groups -OCH3 is 1. The number of alkyl carbamates (subject to hydrolysis) is 1. The number of benzene rings is 1. The summed E-state index contributed by atoms with van der Waals surface area (Å²) < 4.78 is 24.5. The molecule has 0 bridgehead atoms. The summed E-state index contributed by atoms with van der Waals surface area (Å²) in [6.07, 6.45) is 13.5. The monoisotopic (exact) mass is 567 g/mol. The quantitative estimate of drug-likeness (QED) is 0.191. The Bertz CT molecular complexity index is 1260. The van der Waals surface area contributed by atoms with E-state index in [1.54, 1.807) is 7.11 Å². The van der Waals surface area contributed by atoms with Gasteiger partial charge in [-0.2, -0.15) is 0 Å². The number of carbonyl (C=O) groups is 2. The van der Waals surface area contributed by atoms with Gasteiger partial charge in [0.05, 0.1) is 7.11 Å². The normalized spacial score (nSPS) is 21.0. The fourth-order valence-corrected chi connectivity index (χ4v) is 6.34. The van der Waals surface area contributed by atoms with Crippen LogP contribution in [0.25, 0.3) is 0 Å². The average Bonchev–Trinajstić information content (AvgIpc) is 3.55. The molecule has 4 rings (SSSR count). The molecular weight excluding hydrogens is 522 g/mol. The van der Waals surface area contributed by atoms with E-state index in [2.05, 4.69) is 64.3 Å². The van der Waals surface area contributed by atoms with Crippen molar-refractivity contribution in [3.8, 4) is 11.5 Å². The summed E-state index contributed by atoms with van der Waals surface area (Å²) >= 11 is 0. The first-order valence-corrected chi connectivity index (χ1v) is 17.2. The zero-order chi connectivity index (χ0) is 29.3. The van der Waals surface area contributed by atoms with Crippen LogP contribution in [0.5, 0.6) is 11.5 Å². The highest BCUT2D eigenvalue weighted by Gasteiger charge is 2.43. The van der Waals surface area contributed by atoms with Crippen molar-refractivity contribution in [1.29, 1.82) is 0 Å². The van der Waals surface area contributed by atoms with Gasteiger partial charge in [0.15, 0.2) is 0 Å². The smallest absolute Gasteiger partial charge is 0.407 e. The van der Waals surface area contributed by atoms with Gasteiger partial charge in [0.1, 0.15) is 29.8 Å². The number of amides is 1. The van der Waals surface area contributed by atoms with Crippen LogP contribution >= 0.6 is 0 Å². The standard InChI is InChI=1S/C32H45NO6Si/c1-21-24-19-37-29(34)26(24)28(39-40(7,8)31(2,3)4)23(27(21)36-6)18-25(22-14-10-11-15-22)38-30(35)33-20-32(5)16-12-9-13-17-32/h9,12-14,16,25H,10-11,15,17-20H2,1-8H3,(H,33,35)/t25-,32-/m0/s1. The molecule has 1 aromatic rings. The van der Waals surface area contributed by atoms with Gasteiger partial charge >= 0.3 is 12.1 Å². The molecule has 1 N–H and O–H groups in total. The van der Waals surface area contributed by atoms with Crippen LogP contribution in [0, 0.1) is 12.3 Å². The maximum atomic E-state index is 13.2. The third-order valence-corrected chi connectivity index (χ3v) is 13.2. The average molecular weight is 568 g/mol. The highest BCUT2D eigenvalue weighted by molar-refractivity contribution is 6.74. The third kappa shape index (κ3) is 6.17. The minimum absolute atomic E-state index is 0.0968. The molecule has 0 saturated heterocycles. The first-order chi connectivity index (χ1) is 18.8. The SMILES string of the molecule is COc1c(C)c2c(c(O[Si](C)(C)C(C)(C)C)c1C[C@H](OC(=O)NC[C@@]1(C)C=CC=CC1)C1=CCCC1)C(=O)OC2. The lowest BCUT2D eigenvalue weighted by atomic mass is 9.84. The number of carbonyl (C=O) groups excluding carboxylic acids is 2. The van der Waals surface area contributed by atoms with E-state index in [-0.39, 0.29) is 23.0 Å². The first kappa shape index (κ1) is 30.0. The second kappa shape index (κ2) is 11.5. The van der Waals surface area contributed by atoms with Crippen LogP contribution in [0.3, 0.4) is 0 Å². The Hall–Kier alpha value is -3.00. The molecule has 8 heteroatoms. The summed E-state index contributed by atoms with van der Waals surface area (Å²) in [4.78, 5) is 26.2. The Morgan fingerprint density at radius 3 is 2.58 bits per heavy atom. The van der Waals surface area contributed by atoms with E-state index in [0.717, 1.165) is 47.9 Å². The molecule has 3 aliphatic rings. The Kier molecular flexibility index (Phi) is 8.59. The molecule has 1 heterocycles. The van der Waals surface area contributed by atoms with Gasteiger partial charge < -0.3 is 24.0 Å². The van der Waals surface area contributed by atoms with Crippen LogP contribution in [0.4, 0.5) is 4.79 Å². The van der Waals surface area contributed by atoms with Crippen LogP contribution < -0.4 is 14.5 Å². The van der Waals surface area contributed by atoms with Crippen molar-refractivity contribution in [1.82, 2.24) is 5.32 Å². The van der Waals surface area contributed by atoms with Gasteiger partial charge in [0.2, 0.25) is 0 Å². The molecule has 1 aromatic carbocycles. The van der Waals surface area contributed by atoms with Gasteiger partial charge in [0, 0.05) is 29.5 Å². The summed E-state index contributed by atoms with van der Waals surface area (Å²) in [5.74, 6) is 0.796. The summed E-state index contributed by atoms with van der Waals surface area (Å²) in [6, 6.07) is 0. The summed E-state index contributed by atoms with van der Waals surface area (Å²) in [5, 5.41) is 2.89. The minimum atomic E-state index is -2.37. The number of hydrogen-bond acceptors (Lipinski definition) is 6. The van der Waals surface area contributed by atoms with Gasteiger partial charge in [-0.25, -0.2) is 9.59 Å². The Morgan fingerprint density at radius 2 is 1.98 bits per heavy atom. The Morgan fingerprint density at radius 1 is 1.23 bits per heavy atom. The highest BCUT2D eigenvalue weighted by atomic mass is 28.4. The van der Waals surface area contributed by atoms with E-state index in [1.807, 2.05) is 19.1 Å². The van der Waals surface area contributed by atoms with Gasteiger partial charge in [0.25, 0.3) is 8.32 Å². The van der Waals surface area contributed by atoms with Crippen LogP contribution in [0.1, 0.15) is 80.4 Å². The second-order valence-corrected chi connectivity index (χ2v) is 17.8. The number of fused-ring (bicyclic) bond motifs is 1. The predicted molar refractivity (Wildman–Crippen MR) is 160 cm³/mol. The molecule has 40 heavy (non-hydrogen) atoms. The lowest BCUT2D eigenvalue weighted by Gasteiger charge is -2.38. The van der Waals surface area contributed by atoms with Crippen molar-refractivity contribution in [3.63, 3.8) is 0 Å². The largest absolute Gasteiger partial charge is 0.543 e. The molecule has 1 aliphatic heterocycles. The van der Waals surface area contributed by atoms with Crippen molar-refractivity contribution in [3.05, 3.63) is 58.2 Å². The number of hydrogen-bond donors (Lipinski definition) is 1. The van der Waals surface area contributed by atoms with Crippen LogP contribution in [0.15, 0.2) is 36.0 Å². The molecule has 218 valence electrons. The summed E-state index contributed by atoms with van der Waals surface area (Å²) in [5.41, 5.74) is 3.82. The Balaban J connectivity index is 1.71. The molecule has 0 spiro atoms. The molecule has 7 nitrogen and oxygen atoms in total. The van der Waals surface area contributed by atoms with Crippen LogP contribution in [0.2, 0.25) is 18.1 Å². The molecule has 0 saturated carbocycles. The number of nitrogens with one attached hydrogen (secondary N) is 1. The van der Waals surface area contributed by atoms with E-state index in [1.165, 1.54) is 0 Å². The molecule has 0 unspecified atom stereocenters. The Labute approximate surface area is 240 Å². The zero-order valence-corrected chi connectivity index (χ0v) is 26.4. The lowest BCUT2D eigenvalue weighted by molar-refractivity contribution is 0.0533. The number of rotatable bonds is 9. The minimum Gasteiger partial charge on any atom is -0.543 e. The predicted octanol–water partition coefficient (Wildman–Crippen LogP) is 7.33. The number of cyclic esters (lactones) is 1. The van der Waals surface area contributed by atoms with Gasteiger partial charge in [-0.05, 0) is 61.9 Å². The van der Waals surface area contributed by atoms with Crippen LogP contribution in [-0.4, -0.2) is 40.1 Å². The number of esters is 1. The third-order valence-electron chi connectivity index (χ3n) is 8.88. The number of ether oxygens (including phenoxy) is 3. The topological polar surface area (TPSA) is 83.1 Å². The lowest BCUT2D eigenvalue weighted by Crippen LogP contribution is -2.44. The molecule has 2 aliphatic carbocycles. The van der Waals surface area contributed by atoms with Crippen LogP contribution in [-0.2, 0) is 22.5 Å². The van der Waals surface area contributed by atoms with Crippen molar-refractivity contribution >= 4 is 20.4 Å². The van der Waals surface area contributed by atoms with E-state index >= 15 is 0 Å². The van der Waals surface area contributed by atoms with Crippen molar-refractivity contribution < 1.29 is 28.2 Å². The molecule has 0 aromatic heterocycles. The van der Waals surface area contributed by atoms with E-state index in [4.69, 9.17) is 18.6 Å². The van der Waals surface area contributed by atoms with Gasteiger partial charge in [-0.3, -0.25) is 0 Å². The summed E-state index contributed by atoms with van der Waals surface area (Å²) in [7, 11) is -0.732. The fourth-order valence-electron chi connectivity index (χ4n) is 5.30. The van der Waals surface area contributed by atoms with Gasteiger partial charge in [-0.15, -0.1) is 0 Å². The van der Waals surface area contributed by atoms with Crippen molar-refractivity contribution in [2.45, 2.75) is 97.6 Å². The second-order valence-electron chi connectivity index (χ2n) is 13.0. The summed E-state index contributed by atoms with van der Waals surface area (Å²) in [6.45, 7) is 15.6. The molecule has 1 amide bonds. The van der Waals surface area contributed by atoms with E-state index in [9.17, 15) is 9.59 Å². The highest BCUT2D eigenvalue weighted by Crippen LogP contribution is 2.47. The maximum absolute atomic E-state index is 13.2. The first-order valence-electron chi connectivity index (χ1n) is 14.3. The number of allylic oxidation sites excluding steroid dienone is 4. The molecule has 0 radical (unpaired) electrons. The molecule has 2 atom stereocenters. The van der Waals surface area contributed by atoms with Crippen molar-refractivity contribution in [2.24, 2.45) is 5.41 Å².